The maximum atomic E-state index is 14.9. The van der Waals surface area contributed by atoms with Crippen LogP contribution in [0.3, 0.4) is 0 Å². The first-order chi connectivity index (χ1) is 14.9. The molecule has 0 radical (unpaired) electrons. The Morgan fingerprint density at radius 2 is 2.00 bits per heavy atom. The summed E-state index contributed by atoms with van der Waals surface area (Å²) in [4.78, 5) is 17.9. The van der Waals surface area contributed by atoms with Crippen LogP contribution in [0.2, 0.25) is 0 Å². The molecule has 0 aliphatic carbocycles. The van der Waals surface area contributed by atoms with Crippen molar-refractivity contribution < 1.29 is 8.78 Å². The minimum Gasteiger partial charge on any atom is -0.363 e. The van der Waals surface area contributed by atoms with E-state index in [1.54, 1.807) is 23.2 Å². The van der Waals surface area contributed by atoms with Crippen molar-refractivity contribution in [1.29, 1.82) is 5.41 Å². The van der Waals surface area contributed by atoms with Crippen LogP contribution in [-0.2, 0) is 6.54 Å². The molecule has 0 spiro atoms. The summed E-state index contributed by atoms with van der Waals surface area (Å²) < 4.78 is 29.5. The average molecular weight is 425 g/mol. The molecule has 0 amide bonds. The molecule has 0 saturated carbocycles. The molecule has 4 N–H and O–H groups in total. The van der Waals surface area contributed by atoms with Gasteiger partial charge in [-0.25, -0.2) is 20.2 Å². The molecule has 1 saturated heterocycles. The first kappa shape index (κ1) is 20.5. The zero-order valence-electron chi connectivity index (χ0n) is 16.8. The summed E-state index contributed by atoms with van der Waals surface area (Å²) in [6.07, 6.45) is 4.38. The zero-order valence-corrected chi connectivity index (χ0v) is 16.8. The predicted octanol–water partition coefficient (Wildman–Crippen LogP) is 2.11. The Balaban J connectivity index is 1.48. The lowest BCUT2D eigenvalue weighted by Gasteiger charge is -2.34. The third-order valence-corrected chi connectivity index (χ3v) is 4.90. The molecule has 4 rings (SSSR count). The van der Waals surface area contributed by atoms with E-state index in [-0.39, 0.29) is 36.3 Å². The maximum Gasteiger partial charge on any atom is 0.207 e. The van der Waals surface area contributed by atoms with Gasteiger partial charge in [0.05, 0.1) is 13.1 Å². The zero-order chi connectivity index (χ0) is 22.0. The fraction of sp³-hybridized carbons (Fsp3) is 0.250. The van der Waals surface area contributed by atoms with Crippen LogP contribution in [0, 0.1) is 24.0 Å². The van der Waals surface area contributed by atoms with Gasteiger partial charge in [0.25, 0.3) is 0 Å². The highest BCUT2D eigenvalue weighted by molar-refractivity contribution is 5.84. The van der Waals surface area contributed by atoms with Crippen LogP contribution in [0.4, 0.5) is 20.4 Å². The average Bonchev–Trinajstić information content (AvgIpc) is 2.75. The van der Waals surface area contributed by atoms with E-state index >= 15 is 0 Å². The Morgan fingerprint density at radius 1 is 1.16 bits per heavy atom. The number of hydrogen-bond donors (Lipinski definition) is 3. The van der Waals surface area contributed by atoms with Crippen molar-refractivity contribution in [2.75, 3.05) is 29.9 Å². The Kier molecular flexibility index (Phi) is 5.67. The van der Waals surface area contributed by atoms with Crippen molar-refractivity contribution in [3.05, 3.63) is 59.8 Å². The number of nitrogens with one attached hydrogen (secondary N) is 2. The lowest BCUT2D eigenvalue weighted by molar-refractivity contribution is 0.409. The third-order valence-electron chi connectivity index (χ3n) is 4.90. The van der Waals surface area contributed by atoms with Gasteiger partial charge in [-0.1, -0.05) is 0 Å². The van der Waals surface area contributed by atoms with Crippen LogP contribution >= 0.6 is 0 Å². The quantitative estimate of drug-likeness (QED) is 0.532. The highest BCUT2D eigenvalue weighted by Crippen LogP contribution is 2.24. The van der Waals surface area contributed by atoms with Crippen molar-refractivity contribution in [3.8, 4) is 11.3 Å². The van der Waals surface area contributed by atoms with Gasteiger partial charge in [0, 0.05) is 36.7 Å². The Bertz CT molecular complexity index is 1120. The van der Waals surface area contributed by atoms with Gasteiger partial charge in [0.1, 0.15) is 23.7 Å². The van der Waals surface area contributed by atoms with Crippen molar-refractivity contribution in [1.82, 2.24) is 24.9 Å². The van der Waals surface area contributed by atoms with E-state index in [9.17, 15) is 8.78 Å². The molecule has 11 heteroatoms. The number of piperazine rings is 1. The molecule has 1 fully saturated rings. The molecule has 1 aliphatic rings. The molecule has 3 aromatic rings. The van der Waals surface area contributed by atoms with Crippen LogP contribution in [0.15, 0.2) is 36.9 Å². The first-order valence-electron chi connectivity index (χ1n) is 9.59. The number of aryl methyl sites for hydroxylation is 1. The van der Waals surface area contributed by atoms with Crippen LogP contribution in [0.5, 0.6) is 0 Å². The number of anilines is 2. The summed E-state index contributed by atoms with van der Waals surface area (Å²) in [5, 5.41) is 12.0. The highest BCUT2D eigenvalue weighted by atomic mass is 19.1. The lowest BCUT2D eigenvalue weighted by atomic mass is 10.1. The van der Waals surface area contributed by atoms with E-state index in [2.05, 4.69) is 25.3 Å². The Hall–Kier alpha value is -3.73. The van der Waals surface area contributed by atoms with Gasteiger partial charge < -0.3 is 10.2 Å². The molecular weight excluding hydrogens is 404 g/mol. The monoisotopic (exact) mass is 425 g/mol. The predicted molar refractivity (Wildman–Crippen MR) is 112 cm³/mol. The van der Waals surface area contributed by atoms with Gasteiger partial charge in [-0.15, -0.1) is 0 Å². The highest BCUT2D eigenvalue weighted by Gasteiger charge is 2.24. The van der Waals surface area contributed by atoms with Crippen molar-refractivity contribution >= 4 is 17.5 Å². The number of pyridine rings is 2. The standard InChI is InChI=1S/C20H21F2N9/c1-12-6-14(2-3-25-12)18-15(21)7-13(8-26-18)9-27-19-17(22)20(29-11-28-19)30-4-5-31(24)16(23)10-30/h2-3,6-8,11,23H,4-5,9-10,24H2,1H3,(H,27,28,29). The molecule has 4 heterocycles. The van der Waals surface area contributed by atoms with Crippen molar-refractivity contribution in [2.24, 2.45) is 5.84 Å². The van der Waals surface area contributed by atoms with E-state index in [1.807, 2.05) is 6.92 Å². The minimum atomic E-state index is -0.641. The Labute approximate surface area is 177 Å². The largest absolute Gasteiger partial charge is 0.363 e. The summed E-state index contributed by atoms with van der Waals surface area (Å²) in [5.41, 5.74) is 2.16. The first-order valence-corrected chi connectivity index (χ1v) is 9.59. The number of nitrogens with zero attached hydrogens (tertiary/aromatic N) is 6. The molecule has 0 atom stereocenters. The van der Waals surface area contributed by atoms with Crippen LogP contribution in [0.1, 0.15) is 11.3 Å². The molecule has 0 unspecified atom stereocenters. The van der Waals surface area contributed by atoms with E-state index in [1.165, 1.54) is 23.6 Å². The van der Waals surface area contributed by atoms with Gasteiger partial charge in [0.15, 0.2) is 11.6 Å². The summed E-state index contributed by atoms with van der Waals surface area (Å²) in [6.45, 7) is 2.91. The van der Waals surface area contributed by atoms with E-state index in [0.29, 0.717) is 24.2 Å². The second-order valence-corrected chi connectivity index (χ2v) is 7.13. The van der Waals surface area contributed by atoms with Crippen molar-refractivity contribution in [3.63, 3.8) is 0 Å². The van der Waals surface area contributed by atoms with E-state index in [4.69, 9.17) is 11.3 Å². The Morgan fingerprint density at radius 3 is 2.74 bits per heavy atom. The van der Waals surface area contributed by atoms with E-state index in [0.717, 1.165) is 5.69 Å². The summed E-state index contributed by atoms with van der Waals surface area (Å²) in [5.74, 6) is 4.79. The molecular formula is C20H21F2N9. The smallest absolute Gasteiger partial charge is 0.207 e. The second kappa shape index (κ2) is 8.56. The summed E-state index contributed by atoms with van der Waals surface area (Å²) >= 11 is 0. The SMILES string of the molecule is Cc1cc(-c2ncc(CNc3ncnc(N4CCN(N)C(=N)C4)c3F)cc2F)ccn1. The normalized spacial score (nSPS) is 14.1. The number of nitrogens with two attached hydrogens (primary N) is 1. The summed E-state index contributed by atoms with van der Waals surface area (Å²) in [7, 11) is 0. The number of aromatic nitrogens is 4. The van der Waals surface area contributed by atoms with Crippen molar-refractivity contribution in [2.45, 2.75) is 13.5 Å². The topological polar surface area (TPSA) is 120 Å². The fourth-order valence-corrected chi connectivity index (χ4v) is 3.26. The number of hydrogen-bond acceptors (Lipinski definition) is 8. The van der Waals surface area contributed by atoms with Crippen LogP contribution in [-0.4, -0.2) is 50.4 Å². The van der Waals surface area contributed by atoms with E-state index < -0.39 is 11.6 Å². The number of rotatable bonds is 5. The molecule has 1 aliphatic heterocycles. The molecule has 0 bridgehead atoms. The fourth-order valence-electron chi connectivity index (χ4n) is 3.26. The number of amidine groups is 1. The minimum absolute atomic E-state index is 0.0130. The molecule has 160 valence electrons. The van der Waals surface area contributed by atoms with Gasteiger partial charge in [-0.3, -0.25) is 20.4 Å². The molecule has 3 aromatic heterocycles. The van der Waals surface area contributed by atoms with Gasteiger partial charge >= 0.3 is 0 Å². The maximum absolute atomic E-state index is 14.9. The molecule has 31 heavy (non-hydrogen) atoms. The lowest BCUT2D eigenvalue weighted by Crippen LogP contribution is -2.53. The summed E-state index contributed by atoms with van der Waals surface area (Å²) in [6, 6.07) is 4.80. The van der Waals surface area contributed by atoms with Gasteiger partial charge in [-0.2, -0.15) is 4.39 Å². The van der Waals surface area contributed by atoms with Gasteiger partial charge in [-0.05, 0) is 30.7 Å². The third kappa shape index (κ3) is 4.40. The van der Waals surface area contributed by atoms with Crippen LogP contribution in [0.25, 0.3) is 11.3 Å². The second-order valence-electron chi connectivity index (χ2n) is 7.13. The van der Waals surface area contributed by atoms with Gasteiger partial charge in [0.2, 0.25) is 5.82 Å². The molecule has 0 aromatic carbocycles. The number of halogens is 2. The number of hydrazine groups is 1. The molecule has 9 nitrogen and oxygen atoms in total. The van der Waals surface area contributed by atoms with Crippen LogP contribution < -0.4 is 16.1 Å².